The number of carbonyl (C=O) groups is 2. The number of benzene rings is 4. The van der Waals surface area contributed by atoms with E-state index in [0.717, 1.165) is 26.5 Å². The zero-order valence-corrected chi connectivity index (χ0v) is 19.1. The molecule has 33 heavy (non-hydrogen) atoms. The lowest BCUT2D eigenvalue weighted by Gasteiger charge is -2.29. The van der Waals surface area contributed by atoms with Crippen LogP contribution in [-0.2, 0) is 14.4 Å². The van der Waals surface area contributed by atoms with Gasteiger partial charge in [-0.05, 0) is 52.7 Å². The fourth-order valence-corrected chi connectivity index (χ4v) is 5.15. The number of anilines is 2. The maximum atomic E-state index is 13.8. The summed E-state index contributed by atoms with van der Waals surface area (Å²) in [6.45, 7) is 0. The molecule has 0 N–H and O–H groups in total. The average Bonchev–Trinajstić information content (AvgIpc) is 3.36. The summed E-state index contributed by atoms with van der Waals surface area (Å²) in [6, 6.07) is 30.5. The fraction of sp³-hybridized carbons (Fsp3) is 0.111. The molecule has 2 aliphatic rings. The molecule has 6 rings (SSSR count). The van der Waals surface area contributed by atoms with E-state index in [9.17, 15) is 9.59 Å². The van der Waals surface area contributed by atoms with E-state index in [1.165, 1.54) is 4.90 Å². The van der Waals surface area contributed by atoms with Crippen LogP contribution in [0.3, 0.4) is 0 Å². The second-order valence-corrected chi connectivity index (χ2v) is 9.13. The molecular weight excluding hydrogens is 480 g/mol. The van der Waals surface area contributed by atoms with Crippen LogP contribution < -0.4 is 9.96 Å². The van der Waals surface area contributed by atoms with Gasteiger partial charge in [-0.3, -0.25) is 14.4 Å². The molecule has 6 heteroatoms. The summed E-state index contributed by atoms with van der Waals surface area (Å²) < 4.78 is 0.880. The molecule has 2 amide bonds. The highest BCUT2D eigenvalue weighted by atomic mass is 79.9. The van der Waals surface area contributed by atoms with Gasteiger partial charge in [0.05, 0.1) is 17.4 Å². The minimum Gasteiger partial charge on any atom is -0.273 e. The van der Waals surface area contributed by atoms with Crippen LogP contribution in [0.4, 0.5) is 11.4 Å². The van der Waals surface area contributed by atoms with Gasteiger partial charge in [-0.1, -0.05) is 76.6 Å². The number of hydroxylamine groups is 1. The Balaban J connectivity index is 1.50. The van der Waals surface area contributed by atoms with Gasteiger partial charge in [0.25, 0.3) is 5.91 Å². The van der Waals surface area contributed by atoms with Gasteiger partial charge in [0, 0.05) is 4.47 Å². The Kier molecular flexibility index (Phi) is 4.78. The summed E-state index contributed by atoms with van der Waals surface area (Å²) in [7, 11) is 0. The van der Waals surface area contributed by atoms with Crippen LogP contribution in [0, 0.1) is 5.92 Å². The van der Waals surface area contributed by atoms with E-state index in [2.05, 4.69) is 34.1 Å². The number of fused-ring (bicyclic) bond motifs is 2. The normalized spacial score (nSPS) is 22.3. The number of imide groups is 1. The van der Waals surface area contributed by atoms with E-state index in [4.69, 9.17) is 4.84 Å². The van der Waals surface area contributed by atoms with Gasteiger partial charge in [-0.25, -0.2) is 9.96 Å². The molecule has 3 unspecified atom stereocenters. The van der Waals surface area contributed by atoms with Crippen molar-refractivity contribution in [2.24, 2.45) is 5.92 Å². The van der Waals surface area contributed by atoms with Crippen molar-refractivity contribution in [3.8, 4) is 0 Å². The van der Waals surface area contributed by atoms with Gasteiger partial charge in [0.15, 0.2) is 6.10 Å². The van der Waals surface area contributed by atoms with Crippen molar-refractivity contribution in [3.63, 3.8) is 0 Å². The number of halogens is 1. The molecule has 2 fully saturated rings. The lowest BCUT2D eigenvalue weighted by molar-refractivity contribution is -0.126. The first-order valence-corrected chi connectivity index (χ1v) is 11.5. The van der Waals surface area contributed by atoms with Crippen molar-refractivity contribution in [2.45, 2.75) is 12.1 Å². The number of hydrogen-bond donors (Lipinski definition) is 0. The highest BCUT2D eigenvalue weighted by molar-refractivity contribution is 9.10. The van der Waals surface area contributed by atoms with Gasteiger partial charge in [-0.15, -0.1) is 0 Å². The van der Waals surface area contributed by atoms with E-state index in [1.54, 1.807) is 17.2 Å². The number of carbonyl (C=O) groups excluding carboxylic acids is 2. The molecule has 4 aromatic rings. The third kappa shape index (κ3) is 3.17. The molecule has 3 atom stereocenters. The zero-order chi connectivity index (χ0) is 22.5. The molecule has 162 valence electrons. The van der Waals surface area contributed by atoms with Crippen molar-refractivity contribution in [3.05, 3.63) is 107 Å². The van der Waals surface area contributed by atoms with Crippen LogP contribution in [-0.4, -0.2) is 17.9 Å². The van der Waals surface area contributed by atoms with Crippen molar-refractivity contribution < 1.29 is 14.4 Å². The second-order valence-electron chi connectivity index (χ2n) is 8.21. The number of rotatable bonds is 3. The van der Waals surface area contributed by atoms with E-state index < -0.39 is 18.1 Å². The average molecular weight is 499 g/mol. The largest absolute Gasteiger partial charge is 0.273 e. The minimum absolute atomic E-state index is 0.247. The zero-order valence-electron chi connectivity index (χ0n) is 17.5. The molecule has 2 saturated heterocycles. The van der Waals surface area contributed by atoms with E-state index >= 15 is 0 Å². The van der Waals surface area contributed by atoms with Gasteiger partial charge in [0.1, 0.15) is 5.92 Å². The Morgan fingerprint density at radius 1 is 0.697 bits per heavy atom. The summed E-state index contributed by atoms with van der Waals surface area (Å²) in [5.41, 5.74) is 2.32. The standard InChI is InChI=1S/C27H19BrN2O3/c28-18-13-15-19(16-14-18)29-26(31)23-24(22-12-6-8-17-7-4-5-11-21(17)22)30(33-25(23)27(29)32)20-9-2-1-3-10-20/h1-16,23-25H. The molecule has 0 radical (unpaired) electrons. The van der Waals surface area contributed by atoms with Crippen LogP contribution in [0.5, 0.6) is 0 Å². The first-order valence-electron chi connectivity index (χ1n) is 10.8. The molecule has 0 saturated carbocycles. The fourth-order valence-electron chi connectivity index (χ4n) is 4.88. The first-order chi connectivity index (χ1) is 16.1. The van der Waals surface area contributed by atoms with E-state index in [-0.39, 0.29) is 11.8 Å². The van der Waals surface area contributed by atoms with Crippen LogP contribution in [0.25, 0.3) is 10.8 Å². The lowest BCUT2D eigenvalue weighted by atomic mass is 9.87. The second kappa shape index (κ2) is 7.83. The van der Waals surface area contributed by atoms with Crippen molar-refractivity contribution in [1.82, 2.24) is 0 Å². The quantitative estimate of drug-likeness (QED) is 0.342. The molecule has 0 spiro atoms. The Hall–Kier alpha value is -3.48. The molecule has 0 aliphatic carbocycles. The first kappa shape index (κ1) is 20.1. The lowest BCUT2D eigenvalue weighted by Crippen LogP contribution is -2.37. The third-order valence-electron chi connectivity index (χ3n) is 6.35. The smallest absolute Gasteiger partial charge is 0.266 e. The summed E-state index contributed by atoms with van der Waals surface area (Å²) in [6.07, 6.45) is -0.884. The van der Waals surface area contributed by atoms with Crippen molar-refractivity contribution in [1.29, 1.82) is 0 Å². The monoisotopic (exact) mass is 498 g/mol. The number of para-hydroxylation sites is 1. The molecule has 4 aromatic carbocycles. The third-order valence-corrected chi connectivity index (χ3v) is 6.88. The summed E-state index contributed by atoms with van der Waals surface area (Å²) in [5.74, 6) is -1.24. The summed E-state index contributed by atoms with van der Waals surface area (Å²) in [4.78, 5) is 34.7. The van der Waals surface area contributed by atoms with Crippen molar-refractivity contribution >= 4 is 49.9 Å². The van der Waals surface area contributed by atoms with Crippen LogP contribution in [0.15, 0.2) is 102 Å². The van der Waals surface area contributed by atoms with E-state index in [1.807, 2.05) is 66.7 Å². The number of amides is 2. The topological polar surface area (TPSA) is 49.9 Å². The highest BCUT2D eigenvalue weighted by Gasteiger charge is 2.60. The van der Waals surface area contributed by atoms with Gasteiger partial charge < -0.3 is 0 Å². The molecular formula is C27H19BrN2O3. The van der Waals surface area contributed by atoms with E-state index in [0.29, 0.717) is 5.69 Å². The Morgan fingerprint density at radius 2 is 1.39 bits per heavy atom. The molecule has 0 aromatic heterocycles. The van der Waals surface area contributed by atoms with Gasteiger partial charge in [0.2, 0.25) is 5.91 Å². The SMILES string of the molecule is O=C1C2ON(c3ccccc3)C(c3cccc4ccccc34)C2C(=O)N1c1ccc(Br)cc1. The minimum atomic E-state index is -0.884. The molecule has 2 aliphatic heterocycles. The van der Waals surface area contributed by atoms with Crippen molar-refractivity contribution in [2.75, 3.05) is 9.96 Å². The maximum Gasteiger partial charge on any atom is 0.266 e. The predicted molar refractivity (Wildman–Crippen MR) is 131 cm³/mol. The Bertz CT molecular complexity index is 1370. The van der Waals surface area contributed by atoms with Crippen LogP contribution in [0.2, 0.25) is 0 Å². The summed E-state index contributed by atoms with van der Waals surface area (Å²) in [5, 5.41) is 3.86. The number of nitrogens with zero attached hydrogens (tertiary/aromatic N) is 2. The Labute approximate surface area is 199 Å². The Morgan fingerprint density at radius 3 is 2.18 bits per heavy atom. The van der Waals surface area contributed by atoms with Gasteiger partial charge >= 0.3 is 0 Å². The highest BCUT2D eigenvalue weighted by Crippen LogP contribution is 2.48. The number of hydrogen-bond acceptors (Lipinski definition) is 4. The molecule has 5 nitrogen and oxygen atoms in total. The van der Waals surface area contributed by atoms with Gasteiger partial charge in [-0.2, -0.15) is 0 Å². The molecule has 0 bridgehead atoms. The maximum absolute atomic E-state index is 13.8. The molecule has 2 heterocycles. The van der Waals surface area contributed by atoms with Crippen LogP contribution in [0.1, 0.15) is 11.6 Å². The predicted octanol–water partition coefficient (Wildman–Crippen LogP) is 5.65. The van der Waals surface area contributed by atoms with Crippen LogP contribution >= 0.6 is 15.9 Å². The summed E-state index contributed by atoms with van der Waals surface area (Å²) >= 11 is 3.41.